The second-order valence-electron chi connectivity index (χ2n) is 3.85. The van der Waals surface area contributed by atoms with Crippen LogP contribution in [0.4, 0.5) is 0 Å². The summed E-state index contributed by atoms with van der Waals surface area (Å²) in [5.41, 5.74) is 0.949. The van der Waals surface area contributed by atoms with E-state index in [0.29, 0.717) is 12.4 Å². The SMILES string of the molecule is CCCOC(=O)CSc1ccc2ccccc2n1. The molecule has 1 aromatic carbocycles. The maximum atomic E-state index is 11.4. The average Bonchev–Trinajstić information content (AvgIpc) is 2.42. The number of rotatable bonds is 5. The summed E-state index contributed by atoms with van der Waals surface area (Å²) >= 11 is 1.41. The molecule has 1 heterocycles. The van der Waals surface area contributed by atoms with E-state index in [1.54, 1.807) is 0 Å². The highest BCUT2D eigenvalue weighted by atomic mass is 32.2. The van der Waals surface area contributed by atoms with E-state index in [-0.39, 0.29) is 5.97 Å². The molecule has 0 saturated heterocycles. The van der Waals surface area contributed by atoms with Crippen LogP contribution < -0.4 is 0 Å². The molecule has 1 aromatic heterocycles. The van der Waals surface area contributed by atoms with Crippen molar-refractivity contribution in [1.29, 1.82) is 0 Å². The highest BCUT2D eigenvalue weighted by Gasteiger charge is 2.05. The smallest absolute Gasteiger partial charge is 0.316 e. The van der Waals surface area contributed by atoms with Crippen molar-refractivity contribution in [2.75, 3.05) is 12.4 Å². The lowest BCUT2D eigenvalue weighted by Gasteiger charge is -2.03. The molecular formula is C14H15NO2S. The van der Waals surface area contributed by atoms with Crippen molar-refractivity contribution in [3.8, 4) is 0 Å². The molecule has 0 amide bonds. The first-order valence-electron chi connectivity index (χ1n) is 5.94. The largest absolute Gasteiger partial charge is 0.465 e. The number of benzene rings is 1. The molecule has 0 radical (unpaired) electrons. The second kappa shape index (κ2) is 6.40. The van der Waals surface area contributed by atoms with E-state index >= 15 is 0 Å². The normalized spacial score (nSPS) is 10.5. The van der Waals surface area contributed by atoms with Gasteiger partial charge in [0, 0.05) is 5.39 Å². The number of carbonyl (C=O) groups is 1. The zero-order valence-corrected chi connectivity index (χ0v) is 11.1. The lowest BCUT2D eigenvalue weighted by Crippen LogP contribution is -2.07. The van der Waals surface area contributed by atoms with Crippen LogP contribution in [-0.2, 0) is 9.53 Å². The third-order valence-corrected chi connectivity index (χ3v) is 3.28. The predicted octanol–water partition coefficient (Wildman–Crippen LogP) is 3.28. The van der Waals surface area contributed by atoms with Gasteiger partial charge in [0.2, 0.25) is 0 Å². The predicted molar refractivity (Wildman–Crippen MR) is 73.7 cm³/mol. The van der Waals surface area contributed by atoms with Crippen LogP contribution in [0.3, 0.4) is 0 Å². The minimum absolute atomic E-state index is 0.184. The Morgan fingerprint density at radius 3 is 2.94 bits per heavy atom. The van der Waals surface area contributed by atoms with Crippen LogP contribution in [0, 0.1) is 0 Å². The summed E-state index contributed by atoms with van der Waals surface area (Å²) in [6.07, 6.45) is 0.852. The number of pyridine rings is 1. The van der Waals surface area contributed by atoms with E-state index in [9.17, 15) is 4.79 Å². The summed E-state index contributed by atoms with van der Waals surface area (Å²) in [4.78, 5) is 15.9. The van der Waals surface area contributed by atoms with Crippen LogP contribution in [-0.4, -0.2) is 23.3 Å². The Bertz CT molecular complexity index is 542. The van der Waals surface area contributed by atoms with Crippen LogP contribution in [0.15, 0.2) is 41.4 Å². The Balaban J connectivity index is 1.97. The Morgan fingerprint density at radius 2 is 2.11 bits per heavy atom. The van der Waals surface area contributed by atoms with E-state index in [1.807, 2.05) is 43.3 Å². The van der Waals surface area contributed by atoms with Crippen LogP contribution in [0.2, 0.25) is 0 Å². The van der Waals surface area contributed by atoms with E-state index in [4.69, 9.17) is 4.74 Å². The van der Waals surface area contributed by atoms with Crippen LogP contribution >= 0.6 is 11.8 Å². The van der Waals surface area contributed by atoms with E-state index < -0.39 is 0 Å². The van der Waals surface area contributed by atoms with E-state index in [2.05, 4.69) is 4.98 Å². The minimum atomic E-state index is -0.184. The molecule has 0 fully saturated rings. The molecule has 0 bridgehead atoms. The van der Waals surface area contributed by atoms with E-state index in [1.165, 1.54) is 11.8 Å². The van der Waals surface area contributed by atoms with Gasteiger partial charge in [0.1, 0.15) is 0 Å². The number of esters is 1. The standard InChI is InChI=1S/C14H15NO2S/c1-2-9-17-14(16)10-18-13-8-7-11-5-3-4-6-12(11)15-13/h3-8H,2,9-10H2,1H3. The molecule has 94 valence electrons. The average molecular weight is 261 g/mol. The Morgan fingerprint density at radius 1 is 1.28 bits per heavy atom. The van der Waals surface area contributed by atoms with Gasteiger partial charge in [-0.3, -0.25) is 4.79 Å². The zero-order chi connectivity index (χ0) is 12.8. The molecule has 0 N–H and O–H groups in total. The Labute approximate surface area is 111 Å². The number of para-hydroxylation sites is 1. The molecule has 0 atom stereocenters. The van der Waals surface area contributed by atoms with Gasteiger partial charge in [-0.15, -0.1) is 0 Å². The van der Waals surface area contributed by atoms with Gasteiger partial charge in [0.25, 0.3) is 0 Å². The minimum Gasteiger partial charge on any atom is -0.465 e. The number of hydrogen-bond donors (Lipinski definition) is 0. The number of hydrogen-bond acceptors (Lipinski definition) is 4. The maximum absolute atomic E-state index is 11.4. The van der Waals surface area contributed by atoms with Gasteiger partial charge in [-0.25, -0.2) is 4.98 Å². The van der Waals surface area contributed by atoms with Gasteiger partial charge in [0.15, 0.2) is 0 Å². The summed E-state index contributed by atoms with van der Waals surface area (Å²) < 4.78 is 5.01. The van der Waals surface area contributed by atoms with Crippen molar-refractivity contribution in [3.05, 3.63) is 36.4 Å². The monoisotopic (exact) mass is 261 g/mol. The fourth-order valence-corrected chi connectivity index (χ4v) is 2.19. The zero-order valence-electron chi connectivity index (χ0n) is 10.3. The molecule has 2 rings (SSSR count). The molecule has 0 aliphatic rings. The number of nitrogens with zero attached hydrogens (tertiary/aromatic N) is 1. The van der Waals surface area contributed by atoms with Gasteiger partial charge in [-0.1, -0.05) is 43.0 Å². The number of thioether (sulfide) groups is 1. The fourth-order valence-electron chi connectivity index (χ4n) is 1.52. The lowest BCUT2D eigenvalue weighted by molar-refractivity contribution is -0.140. The third kappa shape index (κ3) is 3.47. The quantitative estimate of drug-likeness (QED) is 0.611. The Kier molecular flexibility index (Phi) is 4.59. The van der Waals surface area contributed by atoms with E-state index in [0.717, 1.165) is 22.3 Å². The van der Waals surface area contributed by atoms with Crippen molar-refractivity contribution in [2.45, 2.75) is 18.4 Å². The molecule has 2 aromatic rings. The van der Waals surface area contributed by atoms with Gasteiger partial charge in [-0.05, 0) is 18.6 Å². The van der Waals surface area contributed by atoms with Crippen molar-refractivity contribution >= 4 is 28.6 Å². The van der Waals surface area contributed by atoms with Gasteiger partial charge >= 0.3 is 5.97 Å². The number of aromatic nitrogens is 1. The summed E-state index contributed by atoms with van der Waals surface area (Å²) in [6, 6.07) is 11.9. The molecule has 0 saturated carbocycles. The molecule has 3 nitrogen and oxygen atoms in total. The van der Waals surface area contributed by atoms with Crippen LogP contribution in [0.1, 0.15) is 13.3 Å². The first-order chi connectivity index (χ1) is 8.79. The Hall–Kier alpha value is -1.55. The maximum Gasteiger partial charge on any atom is 0.316 e. The second-order valence-corrected chi connectivity index (χ2v) is 4.85. The molecule has 0 spiro atoms. The summed E-state index contributed by atoms with van der Waals surface area (Å²) in [6.45, 7) is 2.47. The van der Waals surface area contributed by atoms with Gasteiger partial charge in [0.05, 0.1) is 22.9 Å². The first kappa shape index (κ1) is 12.9. The molecular weight excluding hydrogens is 246 g/mol. The lowest BCUT2D eigenvalue weighted by atomic mass is 10.2. The molecule has 0 aliphatic heterocycles. The highest BCUT2D eigenvalue weighted by molar-refractivity contribution is 7.99. The molecule has 0 aliphatic carbocycles. The van der Waals surface area contributed by atoms with Crippen molar-refractivity contribution in [3.63, 3.8) is 0 Å². The highest BCUT2D eigenvalue weighted by Crippen LogP contribution is 2.19. The van der Waals surface area contributed by atoms with Crippen molar-refractivity contribution in [2.24, 2.45) is 0 Å². The molecule has 18 heavy (non-hydrogen) atoms. The molecule has 4 heteroatoms. The first-order valence-corrected chi connectivity index (χ1v) is 6.92. The molecule has 0 unspecified atom stereocenters. The fraction of sp³-hybridized carbons (Fsp3) is 0.286. The van der Waals surface area contributed by atoms with Crippen molar-refractivity contribution in [1.82, 2.24) is 4.98 Å². The van der Waals surface area contributed by atoms with Crippen LogP contribution in [0.25, 0.3) is 10.9 Å². The van der Waals surface area contributed by atoms with Gasteiger partial charge < -0.3 is 4.74 Å². The van der Waals surface area contributed by atoms with Crippen molar-refractivity contribution < 1.29 is 9.53 Å². The summed E-state index contributed by atoms with van der Waals surface area (Å²) in [5.74, 6) is 0.127. The summed E-state index contributed by atoms with van der Waals surface area (Å²) in [5, 5.41) is 1.96. The topological polar surface area (TPSA) is 39.2 Å². The van der Waals surface area contributed by atoms with Crippen LogP contribution in [0.5, 0.6) is 0 Å². The number of carbonyl (C=O) groups excluding carboxylic acids is 1. The number of ether oxygens (including phenoxy) is 1. The van der Waals surface area contributed by atoms with Gasteiger partial charge in [-0.2, -0.15) is 0 Å². The summed E-state index contributed by atoms with van der Waals surface area (Å²) in [7, 11) is 0. The number of fused-ring (bicyclic) bond motifs is 1. The third-order valence-electron chi connectivity index (χ3n) is 2.38.